The van der Waals surface area contributed by atoms with E-state index < -0.39 is 0 Å². The van der Waals surface area contributed by atoms with Crippen molar-refractivity contribution < 1.29 is 5.11 Å². The Morgan fingerprint density at radius 1 is 1.25 bits per heavy atom. The number of benzene rings is 1. The average Bonchev–Trinajstić information content (AvgIpc) is 3.15. The highest BCUT2D eigenvalue weighted by molar-refractivity contribution is 7.19. The Morgan fingerprint density at radius 3 is 3.00 bits per heavy atom. The quantitative estimate of drug-likeness (QED) is 0.574. The monoisotopic (exact) mass is 336 g/mol. The Morgan fingerprint density at radius 2 is 2.12 bits per heavy atom. The van der Waals surface area contributed by atoms with Crippen LogP contribution in [0, 0.1) is 5.92 Å². The molecule has 0 fully saturated rings. The summed E-state index contributed by atoms with van der Waals surface area (Å²) in [6.45, 7) is 2.31. The fourth-order valence-electron chi connectivity index (χ4n) is 3.59. The summed E-state index contributed by atoms with van der Waals surface area (Å²) in [5, 5.41) is 20.0. The van der Waals surface area contributed by atoms with Crippen molar-refractivity contribution in [1.82, 2.24) is 19.6 Å². The maximum absolute atomic E-state index is 10.1. The minimum absolute atomic E-state index is 0.202. The lowest BCUT2D eigenvalue weighted by molar-refractivity contribution is 0.477. The van der Waals surface area contributed by atoms with Crippen molar-refractivity contribution in [2.45, 2.75) is 26.2 Å². The van der Waals surface area contributed by atoms with Crippen LogP contribution in [-0.2, 0) is 12.8 Å². The van der Waals surface area contributed by atoms with E-state index >= 15 is 0 Å². The SMILES string of the molecule is C[C@H]1CCc2c(sc3ncn4c(-c5ccccc5O)nnc4c23)C1. The highest BCUT2D eigenvalue weighted by atomic mass is 32.1. The van der Waals surface area contributed by atoms with Crippen LogP contribution < -0.4 is 0 Å². The third-order valence-corrected chi connectivity index (χ3v) is 6.01. The average molecular weight is 336 g/mol. The van der Waals surface area contributed by atoms with Crippen molar-refractivity contribution in [3.8, 4) is 17.1 Å². The van der Waals surface area contributed by atoms with Crippen molar-refractivity contribution in [3.05, 3.63) is 41.0 Å². The number of aryl methyl sites for hydroxylation is 1. The van der Waals surface area contributed by atoms with Crippen LogP contribution in [0.25, 0.3) is 27.3 Å². The number of aromatic nitrogens is 4. The maximum atomic E-state index is 10.1. The molecule has 0 saturated carbocycles. The summed E-state index contributed by atoms with van der Waals surface area (Å²) in [7, 11) is 0. The Kier molecular flexibility index (Phi) is 2.91. The van der Waals surface area contributed by atoms with Gasteiger partial charge in [0.25, 0.3) is 0 Å². The van der Waals surface area contributed by atoms with E-state index in [2.05, 4.69) is 22.1 Å². The smallest absolute Gasteiger partial charge is 0.173 e. The zero-order valence-corrected chi connectivity index (χ0v) is 14.0. The number of aromatic hydroxyl groups is 1. The molecule has 6 heteroatoms. The van der Waals surface area contributed by atoms with Crippen LogP contribution in [0.4, 0.5) is 0 Å². The first-order valence-electron chi connectivity index (χ1n) is 8.14. The van der Waals surface area contributed by atoms with Gasteiger partial charge in [-0.25, -0.2) is 4.98 Å². The van der Waals surface area contributed by atoms with E-state index in [0.29, 0.717) is 11.4 Å². The molecule has 0 amide bonds. The van der Waals surface area contributed by atoms with Gasteiger partial charge in [0.2, 0.25) is 0 Å². The van der Waals surface area contributed by atoms with Gasteiger partial charge in [-0.3, -0.25) is 4.40 Å². The lowest BCUT2D eigenvalue weighted by Gasteiger charge is -2.17. The first-order valence-corrected chi connectivity index (χ1v) is 8.96. The van der Waals surface area contributed by atoms with Crippen LogP contribution >= 0.6 is 11.3 Å². The lowest BCUT2D eigenvalue weighted by atomic mass is 9.89. The van der Waals surface area contributed by atoms with Gasteiger partial charge < -0.3 is 5.11 Å². The van der Waals surface area contributed by atoms with E-state index in [1.54, 1.807) is 29.8 Å². The van der Waals surface area contributed by atoms with Gasteiger partial charge in [-0.15, -0.1) is 21.5 Å². The van der Waals surface area contributed by atoms with Gasteiger partial charge in [0.1, 0.15) is 16.9 Å². The van der Waals surface area contributed by atoms with Crippen LogP contribution in [-0.4, -0.2) is 24.7 Å². The number of fused-ring (bicyclic) bond motifs is 5. The van der Waals surface area contributed by atoms with Crippen LogP contribution in [0.3, 0.4) is 0 Å². The molecule has 1 N–H and O–H groups in total. The Balaban J connectivity index is 1.80. The highest BCUT2D eigenvalue weighted by Crippen LogP contribution is 2.39. The second-order valence-corrected chi connectivity index (χ2v) is 7.59. The minimum atomic E-state index is 0.202. The van der Waals surface area contributed by atoms with Crippen molar-refractivity contribution >= 4 is 27.2 Å². The van der Waals surface area contributed by atoms with Crippen molar-refractivity contribution in [1.29, 1.82) is 0 Å². The third kappa shape index (κ3) is 1.89. The summed E-state index contributed by atoms with van der Waals surface area (Å²) >= 11 is 1.78. The van der Waals surface area contributed by atoms with E-state index in [1.807, 2.05) is 16.5 Å². The van der Waals surface area contributed by atoms with Crippen LogP contribution in [0.15, 0.2) is 30.6 Å². The van der Waals surface area contributed by atoms with E-state index in [9.17, 15) is 5.11 Å². The molecule has 4 aromatic rings. The molecule has 0 aliphatic heterocycles. The number of hydrogen-bond donors (Lipinski definition) is 1. The maximum Gasteiger partial charge on any atom is 0.173 e. The lowest BCUT2D eigenvalue weighted by Crippen LogP contribution is -2.08. The molecule has 0 bridgehead atoms. The summed E-state index contributed by atoms with van der Waals surface area (Å²) in [6.07, 6.45) is 5.19. The molecular weight excluding hydrogens is 320 g/mol. The Labute approximate surface area is 142 Å². The fraction of sp³-hybridized carbons (Fsp3) is 0.278. The summed E-state index contributed by atoms with van der Waals surface area (Å²) in [5.74, 6) is 1.56. The predicted octanol–water partition coefficient (Wildman–Crippen LogP) is 3.84. The molecule has 1 atom stereocenters. The number of para-hydroxylation sites is 1. The van der Waals surface area contributed by atoms with Crippen LogP contribution in [0.2, 0.25) is 0 Å². The number of phenolic OH excluding ortho intramolecular Hbond substituents is 1. The molecule has 1 aliphatic rings. The molecule has 5 nitrogen and oxygen atoms in total. The molecular formula is C18H16N4OS. The molecule has 0 spiro atoms. The molecule has 1 aliphatic carbocycles. The minimum Gasteiger partial charge on any atom is -0.507 e. The topological polar surface area (TPSA) is 63.3 Å². The first kappa shape index (κ1) is 13.9. The molecule has 120 valence electrons. The van der Waals surface area contributed by atoms with Gasteiger partial charge in [0, 0.05) is 4.88 Å². The summed E-state index contributed by atoms with van der Waals surface area (Å²) in [4.78, 5) is 7.13. The molecule has 0 unspecified atom stereocenters. The molecule has 1 aromatic carbocycles. The van der Waals surface area contributed by atoms with Crippen LogP contribution in [0.5, 0.6) is 5.75 Å². The van der Waals surface area contributed by atoms with Crippen LogP contribution in [0.1, 0.15) is 23.8 Å². The highest BCUT2D eigenvalue weighted by Gasteiger charge is 2.24. The number of hydrogen-bond acceptors (Lipinski definition) is 5. The molecule has 24 heavy (non-hydrogen) atoms. The summed E-state index contributed by atoms with van der Waals surface area (Å²) < 4.78 is 1.89. The normalized spacial score (nSPS) is 17.5. The molecule has 0 saturated heterocycles. The van der Waals surface area contributed by atoms with E-state index in [4.69, 9.17) is 0 Å². The zero-order chi connectivity index (χ0) is 16.3. The van der Waals surface area contributed by atoms with Crippen molar-refractivity contribution in [3.63, 3.8) is 0 Å². The zero-order valence-electron chi connectivity index (χ0n) is 13.2. The second-order valence-electron chi connectivity index (χ2n) is 6.51. The number of thiophene rings is 1. The first-order chi connectivity index (χ1) is 11.7. The standard InChI is InChI=1S/C18H16N4OS/c1-10-6-7-12-14(8-10)24-18-15(12)17-21-20-16(22(17)9-19-18)11-4-2-3-5-13(11)23/h2-5,9-10,23H,6-8H2,1H3/t10-/m0/s1. The molecule has 0 radical (unpaired) electrons. The van der Waals surface area contributed by atoms with E-state index in [0.717, 1.165) is 34.6 Å². The van der Waals surface area contributed by atoms with Gasteiger partial charge in [0.15, 0.2) is 11.5 Å². The largest absolute Gasteiger partial charge is 0.507 e. The van der Waals surface area contributed by atoms with Crippen molar-refractivity contribution in [2.75, 3.05) is 0 Å². The predicted molar refractivity (Wildman–Crippen MR) is 94.5 cm³/mol. The van der Waals surface area contributed by atoms with Gasteiger partial charge in [-0.1, -0.05) is 19.1 Å². The number of nitrogens with zero attached hydrogens (tertiary/aromatic N) is 4. The van der Waals surface area contributed by atoms with E-state index in [1.165, 1.54) is 16.9 Å². The van der Waals surface area contributed by atoms with Crippen molar-refractivity contribution in [2.24, 2.45) is 5.92 Å². The molecule has 3 aromatic heterocycles. The third-order valence-electron chi connectivity index (χ3n) is 4.85. The van der Waals surface area contributed by atoms with Gasteiger partial charge >= 0.3 is 0 Å². The number of phenols is 1. The molecule has 3 heterocycles. The second kappa shape index (κ2) is 5.01. The fourth-order valence-corrected chi connectivity index (χ4v) is 4.93. The van der Waals surface area contributed by atoms with Gasteiger partial charge in [-0.2, -0.15) is 0 Å². The van der Waals surface area contributed by atoms with Gasteiger partial charge in [-0.05, 0) is 42.9 Å². The Bertz CT molecular complexity index is 1080. The summed E-state index contributed by atoms with van der Waals surface area (Å²) in [6, 6.07) is 7.20. The molecule has 5 rings (SSSR count). The number of rotatable bonds is 1. The van der Waals surface area contributed by atoms with E-state index in [-0.39, 0.29) is 5.75 Å². The van der Waals surface area contributed by atoms with Gasteiger partial charge in [0.05, 0.1) is 10.9 Å². The Hall–Kier alpha value is -2.47. The summed E-state index contributed by atoms with van der Waals surface area (Å²) in [5.41, 5.74) is 2.90.